The van der Waals surface area contributed by atoms with Crippen molar-refractivity contribution in [2.24, 2.45) is 0 Å². The van der Waals surface area contributed by atoms with Crippen molar-refractivity contribution >= 4 is 31.7 Å². The molecule has 0 saturated heterocycles. The van der Waals surface area contributed by atoms with E-state index in [0.29, 0.717) is 5.88 Å². The predicted molar refractivity (Wildman–Crippen MR) is 124 cm³/mol. The molecule has 2 aromatic rings. The minimum absolute atomic E-state index is 0.256. The molecule has 0 amide bonds. The summed E-state index contributed by atoms with van der Waals surface area (Å²) in [6.45, 7) is 14.2. The number of hydrogen-bond donors (Lipinski definition) is 0. The molecule has 1 aromatic heterocycles. The summed E-state index contributed by atoms with van der Waals surface area (Å²) in [5.41, 5.74) is 2.88. The van der Waals surface area contributed by atoms with Gasteiger partial charge >= 0.3 is 0 Å². The molecule has 0 aliphatic heterocycles. The molecule has 0 radical (unpaired) electrons. The van der Waals surface area contributed by atoms with Crippen LogP contribution < -0.4 is 4.74 Å². The Labute approximate surface area is 180 Å². The van der Waals surface area contributed by atoms with Crippen LogP contribution in [0.5, 0.6) is 5.88 Å². The first-order valence-corrected chi connectivity index (χ1v) is 13.9. The maximum absolute atomic E-state index is 6.53. The highest BCUT2D eigenvalue weighted by Gasteiger charge is 2.36. The van der Waals surface area contributed by atoms with Crippen molar-refractivity contribution in [2.75, 3.05) is 19.5 Å². The van der Waals surface area contributed by atoms with Crippen LogP contribution in [0.2, 0.25) is 23.2 Å². The molecule has 0 N–H and O–H groups in total. The van der Waals surface area contributed by atoms with Crippen LogP contribution in [0.3, 0.4) is 0 Å². The Morgan fingerprint density at radius 3 is 2.46 bits per heavy atom. The van der Waals surface area contributed by atoms with Crippen molar-refractivity contribution in [3.8, 4) is 17.1 Å². The number of rotatable bonds is 8. The van der Waals surface area contributed by atoms with E-state index in [-0.39, 0.29) is 5.04 Å². The summed E-state index contributed by atoms with van der Waals surface area (Å²) in [5.74, 6) is 1.64. The molecular formula is C22H32ClNO2SSi. The number of benzene rings is 1. The van der Waals surface area contributed by atoms with Crippen molar-refractivity contribution in [1.82, 2.24) is 4.98 Å². The molecule has 0 unspecified atom stereocenters. The number of ether oxygens (including phenoxy) is 1. The average molecular weight is 438 g/mol. The number of nitrogens with zero attached hydrogens (tertiary/aromatic N) is 1. The number of pyridine rings is 1. The third-order valence-corrected chi connectivity index (χ3v) is 11.4. The molecule has 3 nitrogen and oxygen atoms in total. The molecule has 28 heavy (non-hydrogen) atoms. The van der Waals surface area contributed by atoms with Gasteiger partial charge in [-0.3, -0.25) is 0 Å². The zero-order valence-electron chi connectivity index (χ0n) is 18.1. The highest BCUT2D eigenvalue weighted by molar-refractivity contribution is 7.99. The van der Waals surface area contributed by atoms with Gasteiger partial charge in [-0.1, -0.05) is 44.5 Å². The quantitative estimate of drug-likeness (QED) is 0.247. The number of aromatic nitrogens is 1. The predicted octanol–water partition coefficient (Wildman–Crippen LogP) is 7.22. The van der Waals surface area contributed by atoms with Gasteiger partial charge in [-0.05, 0) is 49.7 Å². The second kappa shape index (κ2) is 9.66. The van der Waals surface area contributed by atoms with Crippen molar-refractivity contribution in [2.45, 2.75) is 57.1 Å². The first-order chi connectivity index (χ1) is 13.0. The Kier molecular flexibility index (Phi) is 8.03. The molecule has 1 heterocycles. The van der Waals surface area contributed by atoms with Gasteiger partial charge in [-0.15, -0.1) is 11.8 Å². The van der Waals surface area contributed by atoms with E-state index in [1.165, 1.54) is 0 Å². The topological polar surface area (TPSA) is 31.4 Å². The summed E-state index contributed by atoms with van der Waals surface area (Å²) in [5, 5.41) is 1.01. The Morgan fingerprint density at radius 1 is 1.14 bits per heavy atom. The number of hydrogen-bond acceptors (Lipinski definition) is 4. The van der Waals surface area contributed by atoms with Crippen LogP contribution in [-0.4, -0.2) is 32.8 Å². The van der Waals surface area contributed by atoms with E-state index in [0.717, 1.165) is 45.5 Å². The van der Waals surface area contributed by atoms with Gasteiger partial charge in [-0.25, -0.2) is 4.98 Å². The maximum atomic E-state index is 6.53. The van der Waals surface area contributed by atoms with Crippen LogP contribution in [0.25, 0.3) is 11.3 Å². The highest BCUT2D eigenvalue weighted by Crippen LogP contribution is 2.37. The van der Waals surface area contributed by atoms with E-state index in [9.17, 15) is 0 Å². The fourth-order valence-electron chi connectivity index (χ4n) is 2.44. The molecule has 154 valence electrons. The van der Waals surface area contributed by atoms with Crippen molar-refractivity contribution in [3.05, 3.63) is 40.9 Å². The summed E-state index contributed by atoms with van der Waals surface area (Å²) in [6, 6.07) is 10.1. The Bertz CT molecular complexity index is 806. The lowest BCUT2D eigenvalue weighted by Gasteiger charge is -2.36. The molecule has 0 bridgehead atoms. The van der Waals surface area contributed by atoms with E-state index < -0.39 is 8.32 Å². The lowest BCUT2D eigenvalue weighted by atomic mass is 10.1. The Balaban J connectivity index is 1.93. The first kappa shape index (κ1) is 23.3. The molecule has 0 spiro atoms. The summed E-state index contributed by atoms with van der Waals surface area (Å²) >= 11 is 8.30. The monoisotopic (exact) mass is 437 g/mol. The van der Waals surface area contributed by atoms with Gasteiger partial charge in [0.05, 0.1) is 17.8 Å². The van der Waals surface area contributed by atoms with Gasteiger partial charge in [0.25, 0.3) is 0 Å². The number of thioether (sulfide) groups is 1. The van der Waals surface area contributed by atoms with E-state index in [1.54, 1.807) is 18.9 Å². The molecule has 2 rings (SSSR count). The molecule has 0 saturated carbocycles. The second-order valence-corrected chi connectivity index (χ2v) is 14.8. The van der Waals surface area contributed by atoms with Gasteiger partial charge < -0.3 is 9.16 Å². The van der Waals surface area contributed by atoms with Gasteiger partial charge in [0.1, 0.15) is 0 Å². The smallest absolute Gasteiger partial charge is 0.216 e. The van der Waals surface area contributed by atoms with Gasteiger partial charge in [0, 0.05) is 28.4 Å². The number of aryl methyl sites for hydroxylation is 1. The first-order valence-electron chi connectivity index (χ1n) is 9.63. The summed E-state index contributed by atoms with van der Waals surface area (Å²) in [6.07, 6.45) is 1.02. The molecule has 0 atom stereocenters. The number of halogens is 1. The molecule has 1 aromatic carbocycles. The zero-order valence-corrected chi connectivity index (χ0v) is 20.6. The standard InChI is InChI=1S/C22H32ClNO2SSi/c1-16-9-11-19(24-21(16)25-5)17-10-12-20(18(23)15-17)27-14-8-13-26-28(6,7)22(2,3)4/h9-12,15H,8,13-14H2,1-7H3. The lowest BCUT2D eigenvalue weighted by Crippen LogP contribution is -2.41. The normalized spacial score (nSPS) is 12.3. The Morgan fingerprint density at radius 2 is 1.86 bits per heavy atom. The van der Waals surface area contributed by atoms with Crippen LogP contribution in [0, 0.1) is 6.92 Å². The largest absolute Gasteiger partial charge is 0.481 e. The van der Waals surface area contributed by atoms with Crippen molar-refractivity contribution in [1.29, 1.82) is 0 Å². The molecular weight excluding hydrogens is 406 g/mol. The summed E-state index contributed by atoms with van der Waals surface area (Å²) in [7, 11) is -0.0150. The highest BCUT2D eigenvalue weighted by atomic mass is 35.5. The third kappa shape index (κ3) is 5.99. The minimum atomic E-state index is -1.65. The van der Waals surface area contributed by atoms with Crippen LogP contribution in [0.15, 0.2) is 35.2 Å². The maximum Gasteiger partial charge on any atom is 0.216 e. The van der Waals surface area contributed by atoms with E-state index in [4.69, 9.17) is 20.8 Å². The SMILES string of the molecule is COc1nc(-c2ccc(SCCCO[Si](C)(C)C(C)(C)C)c(Cl)c2)ccc1C. The third-order valence-electron chi connectivity index (χ3n) is 5.29. The average Bonchev–Trinajstić information content (AvgIpc) is 2.62. The molecule has 0 aliphatic rings. The van der Waals surface area contributed by atoms with Gasteiger partial charge in [-0.2, -0.15) is 0 Å². The Hall–Kier alpha value is -1.01. The minimum Gasteiger partial charge on any atom is -0.481 e. The lowest BCUT2D eigenvalue weighted by molar-refractivity contribution is 0.289. The molecule has 6 heteroatoms. The van der Waals surface area contributed by atoms with E-state index in [2.05, 4.69) is 51.0 Å². The van der Waals surface area contributed by atoms with Gasteiger partial charge in [0.15, 0.2) is 8.32 Å². The molecule has 0 aliphatic carbocycles. The van der Waals surface area contributed by atoms with Gasteiger partial charge in [0.2, 0.25) is 5.88 Å². The summed E-state index contributed by atoms with van der Waals surface area (Å²) in [4.78, 5) is 5.65. The summed E-state index contributed by atoms with van der Waals surface area (Å²) < 4.78 is 11.6. The van der Waals surface area contributed by atoms with Crippen LogP contribution in [-0.2, 0) is 4.43 Å². The number of methoxy groups -OCH3 is 1. The van der Waals surface area contributed by atoms with Crippen LogP contribution in [0.1, 0.15) is 32.8 Å². The fraction of sp³-hybridized carbons (Fsp3) is 0.500. The zero-order chi connectivity index (χ0) is 20.9. The van der Waals surface area contributed by atoms with Crippen LogP contribution in [0.4, 0.5) is 0 Å². The molecule has 0 fully saturated rings. The second-order valence-electron chi connectivity index (χ2n) is 8.48. The van der Waals surface area contributed by atoms with E-state index >= 15 is 0 Å². The fourth-order valence-corrected chi connectivity index (χ4v) is 4.71. The van der Waals surface area contributed by atoms with E-state index in [1.807, 2.05) is 25.1 Å². The van der Waals surface area contributed by atoms with Crippen LogP contribution >= 0.6 is 23.4 Å². The van der Waals surface area contributed by atoms with Crippen molar-refractivity contribution < 1.29 is 9.16 Å². The van der Waals surface area contributed by atoms with Crippen molar-refractivity contribution in [3.63, 3.8) is 0 Å².